The fourth-order valence-corrected chi connectivity index (χ4v) is 3.49. The third-order valence-electron chi connectivity index (χ3n) is 4.34. The molecule has 0 unspecified atom stereocenters. The summed E-state index contributed by atoms with van der Waals surface area (Å²) in [6.07, 6.45) is 0.770. The highest BCUT2D eigenvalue weighted by Crippen LogP contribution is 2.31. The number of carbonyl (C=O) groups excluding carboxylic acids is 2. The van der Waals surface area contributed by atoms with Gasteiger partial charge >= 0.3 is 16.1 Å². The first-order valence-electron chi connectivity index (χ1n) is 9.14. The summed E-state index contributed by atoms with van der Waals surface area (Å²) in [6, 6.07) is 17.1. The molecule has 8 nitrogen and oxygen atoms in total. The lowest BCUT2D eigenvalue weighted by atomic mass is 9.95. The lowest BCUT2D eigenvalue weighted by molar-refractivity contribution is 0.0748. The van der Waals surface area contributed by atoms with E-state index in [1.165, 1.54) is 12.1 Å². The number of anilines is 1. The zero-order chi connectivity index (χ0) is 23.5. The van der Waals surface area contributed by atoms with E-state index in [2.05, 4.69) is 9.50 Å². The van der Waals surface area contributed by atoms with Crippen LogP contribution in [0.15, 0.2) is 66.7 Å². The molecule has 0 bridgehead atoms. The van der Waals surface area contributed by atoms with Crippen LogP contribution in [0.3, 0.4) is 0 Å². The number of amides is 1. The molecule has 0 aliphatic rings. The summed E-state index contributed by atoms with van der Waals surface area (Å²) in [4.78, 5) is 25.5. The lowest BCUT2D eigenvalue weighted by Crippen LogP contribution is -2.16. The highest BCUT2D eigenvalue weighted by Gasteiger charge is 2.22. The van der Waals surface area contributed by atoms with Gasteiger partial charge in [-0.3, -0.25) is 10.2 Å². The molecule has 0 heterocycles. The minimum Gasteiger partial charge on any atom is -0.384 e. The average molecular weight is 472 g/mol. The molecule has 0 atom stereocenters. The molecule has 164 valence electrons. The molecule has 0 radical (unpaired) electrons. The van der Waals surface area contributed by atoms with E-state index in [0.717, 1.165) is 6.26 Å². The van der Waals surface area contributed by atoms with E-state index < -0.39 is 22.0 Å². The van der Waals surface area contributed by atoms with E-state index in [9.17, 15) is 18.0 Å². The van der Waals surface area contributed by atoms with Crippen molar-refractivity contribution < 1.29 is 22.2 Å². The van der Waals surface area contributed by atoms with Crippen LogP contribution < -0.4 is 11.1 Å². The Kier molecular flexibility index (Phi) is 6.61. The maximum Gasteiger partial charge on any atom is 0.354 e. The molecule has 32 heavy (non-hydrogen) atoms. The van der Waals surface area contributed by atoms with Crippen molar-refractivity contribution in [2.24, 2.45) is 5.73 Å². The smallest absolute Gasteiger partial charge is 0.354 e. The Bertz CT molecular complexity index is 1320. The van der Waals surface area contributed by atoms with Crippen molar-refractivity contribution in [3.05, 3.63) is 88.4 Å². The van der Waals surface area contributed by atoms with Gasteiger partial charge in [0, 0.05) is 21.8 Å². The molecule has 3 rings (SSSR count). The van der Waals surface area contributed by atoms with Crippen LogP contribution in [0.1, 0.15) is 26.3 Å². The third kappa shape index (κ3) is 5.51. The Morgan fingerprint density at radius 2 is 1.59 bits per heavy atom. The number of carbonyl (C=O) groups is 2. The van der Waals surface area contributed by atoms with Crippen LogP contribution >= 0.6 is 11.6 Å². The van der Waals surface area contributed by atoms with E-state index in [1.807, 2.05) is 0 Å². The topological polar surface area (TPSA) is 139 Å². The summed E-state index contributed by atoms with van der Waals surface area (Å²) in [5, 5.41) is 10.5. The molecule has 1 amide bonds. The van der Waals surface area contributed by atoms with Gasteiger partial charge in [0.05, 0.1) is 11.8 Å². The second-order valence-corrected chi connectivity index (χ2v) is 8.77. The summed E-state index contributed by atoms with van der Waals surface area (Å²) >= 11 is 6.11. The maximum absolute atomic E-state index is 13.0. The molecule has 0 aliphatic carbocycles. The number of rotatable bonds is 6. The predicted octanol–water partition coefficient (Wildman–Crippen LogP) is 3.66. The summed E-state index contributed by atoms with van der Waals surface area (Å²) in [5.41, 5.74) is 7.19. The van der Waals surface area contributed by atoms with Crippen LogP contribution in [0.2, 0.25) is 5.02 Å². The Balaban J connectivity index is 2.01. The van der Waals surface area contributed by atoms with Crippen LogP contribution in [0.5, 0.6) is 0 Å². The summed E-state index contributed by atoms with van der Waals surface area (Å²) in [7, 11) is -4.03. The second-order valence-electron chi connectivity index (χ2n) is 6.76. The lowest BCUT2D eigenvalue weighted by Gasteiger charge is -2.14. The van der Waals surface area contributed by atoms with Crippen LogP contribution in [0.25, 0.3) is 11.1 Å². The molecule has 0 saturated carbocycles. The van der Waals surface area contributed by atoms with Gasteiger partial charge in [-0.05, 0) is 53.6 Å². The van der Waals surface area contributed by atoms with Gasteiger partial charge in [-0.1, -0.05) is 35.9 Å². The molecule has 0 fully saturated rings. The zero-order valence-corrected chi connectivity index (χ0v) is 18.3. The molecular weight excluding hydrogens is 454 g/mol. The average Bonchev–Trinajstić information content (AvgIpc) is 2.73. The van der Waals surface area contributed by atoms with Gasteiger partial charge < -0.3 is 15.2 Å². The molecule has 3 aromatic carbocycles. The molecule has 0 saturated heterocycles. The van der Waals surface area contributed by atoms with Crippen LogP contribution in [-0.2, 0) is 14.3 Å². The number of benzene rings is 3. The van der Waals surface area contributed by atoms with Crippen LogP contribution in [-0.4, -0.2) is 32.4 Å². The van der Waals surface area contributed by atoms with Crippen LogP contribution in [0, 0.1) is 5.41 Å². The van der Waals surface area contributed by atoms with Crippen molar-refractivity contribution in [2.45, 2.75) is 0 Å². The number of hydrogen-bond acceptors (Lipinski definition) is 6. The summed E-state index contributed by atoms with van der Waals surface area (Å²) < 4.78 is 27.3. The molecule has 0 spiro atoms. The fraction of sp³-hybridized carbons (Fsp3) is 0.0455. The normalized spacial score (nSPS) is 10.9. The van der Waals surface area contributed by atoms with Gasteiger partial charge in [0.1, 0.15) is 5.84 Å². The molecule has 0 aliphatic heterocycles. The third-order valence-corrected chi connectivity index (χ3v) is 5.03. The summed E-state index contributed by atoms with van der Waals surface area (Å²) in [6.45, 7) is 0. The Morgan fingerprint density at radius 1 is 0.969 bits per heavy atom. The molecule has 3 aromatic rings. The minimum atomic E-state index is -4.03. The van der Waals surface area contributed by atoms with E-state index in [0.29, 0.717) is 27.4 Å². The van der Waals surface area contributed by atoms with E-state index in [4.69, 9.17) is 22.7 Å². The number of nitrogen functional groups attached to an aromatic ring is 1. The van der Waals surface area contributed by atoms with Gasteiger partial charge in [0.15, 0.2) is 0 Å². The van der Waals surface area contributed by atoms with E-state index in [1.54, 1.807) is 54.6 Å². The van der Waals surface area contributed by atoms with Gasteiger partial charge in [-0.15, -0.1) is 0 Å². The van der Waals surface area contributed by atoms with Gasteiger partial charge in [-0.2, -0.15) is 8.42 Å². The molecule has 4 N–H and O–H groups in total. The minimum absolute atomic E-state index is 0.0277. The van der Waals surface area contributed by atoms with Crippen molar-refractivity contribution in [2.75, 3.05) is 11.6 Å². The highest BCUT2D eigenvalue weighted by atomic mass is 35.5. The van der Waals surface area contributed by atoms with Crippen molar-refractivity contribution in [3.63, 3.8) is 0 Å². The Labute approximate surface area is 189 Å². The van der Waals surface area contributed by atoms with Crippen LogP contribution in [0.4, 0.5) is 5.69 Å². The van der Waals surface area contributed by atoms with Crippen molar-refractivity contribution in [1.82, 2.24) is 0 Å². The van der Waals surface area contributed by atoms with Gasteiger partial charge in [0.25, 0.3) is 5.91 Å². The summed E-state index contributed by atoms with van der Waals surface area (Å²) in [5.74, 6) is -1.67. The molecular formula is C22H18ClN3O5S. The molecule has 10 heteroatoms. The first-order valence-corrected chi connectivity index (χ1v) is 11.3. The van der Waals surface area contributed by atoms with Gasteiger partial charge in [0.2, 0.25) is 0 Å². The highest BCUT2D eigenvalue weighted by molar-refractivity contribution is 7.86. The number of nitrogens with one attached hydrogen (secondary N) is 2. The first-order chi connectivity index (χ1) is 15.0. The predicted molar refractivity (Wildman–Crippen MR) is 123 cm³/mol. The maximum atomic E-state index is 13.0. The zero-order valence-electron chi connectivity index (χ0n) is 16.8. The van der Waals surface area contributed by atoms with Gasteiger partial charge in [-0.25, -0.2) is 4.79 Å². The quantitative estimate of drug-likeness (QED) is 0.285. The number of hydrogen-bond donors (Lipinski definition) is 3. The van der Waals surface area contributed by atoms with Crippen molar-refractivity contribution in [3.8, 4) is 11.1 Å². The van der Waals surface area contributed by atoms with E-state index >= 15 is 0 Å². The SMILES string of the molecule is CS(=O)(=O)OC(=O)c1ccccc1-c1ccc(Cl)cc1C(=O)Nc1ccc(C(=N)N)cc1. The fourth-order valence-electron chi connectivity index (χ4n) is 2.95. The Morgan fingerprint density at radius 3 is 2.22 bits per heavy atom. The second kappa shape index (κ2) is 9.21. The largest absolute Gasteiger partial charge is 0.384 e. The standard InChI is InChI=1S/C22H18ClN3O5S/c1-32(29,30)31-22(28)18-5-3-2-4-16(18)17-11-8-14(23)12-19(17)21(27)26-15-9-6-13(7-10-15)20(24)25/h2-12H,1H3,(H3,24,25)(H,26,27). The van der Waals surface area contributed by atoms with E-state index in [-0.39, 0.29) is 17.0 Å². The first kappa shape index (κ1) is 23.0. The Hall–Kier alpha value is -3.69. The number of halogens is 1. The van der Waals surface area contributed by atoms with Crippen molar-refractivity contribution in [1.29, 1.82) is 5.41 Å². The molecule has 0 aromatic heterocycles. The number of amidine groups is 1. The number of nitrogens with two attached hydrogens (primary N) is 1. The monoisotopic (exact) mass is 471 g/mol. The van der Waals surface area contributed by atoms with Crippen molar-refractivity contribution >= 4 is 45.1 Å².